The molecule has 660 valence electrons. The summed E-state index contributed by atoms with van der Waals surface area (Å²) in [6, 6.07) is 55.9. The smallest absolute Gasteiger partial charge is 0.135 e. The maximum atomic E-state index is 9.75. The minimum atomic E-state index is 0.119. The molecule has 6 aliphatic carbocycles. The Morgan fingerprint density at radius 1 is 0.248 bits per heavy atom. The average molecular weight is 1740 g/mol. The molecular formula is C114H143BrN6O4. The molecule has 16 rings (SSSR count). The van der Waals surface area contributed by atoms with Gasteiger partial charge in [-0.15, -0.1) is 0 Å². The van der Waals surface area contributed by atoms with E-state index in [1.807, 2.05) is 73.8 Å². The third-order valence-corrected chi connectivity index (χ3v) is 30.6. The van der Waals surface area contributed by atoms with Gasteiger partial charge in [0.25, 0.3) is 0 Å². The van der Waals surface area contributed by atoms with Crippen LogP contribution in [0.15, 0.2) is 195 Å². The van der Waals surface area contributed by atoms with Gasteiger partial charge in [0.05, 0.1) is 11.4 Å². The van der Waals surface area contributed by atoms with Gasteiger partial charge in [-0.2, -0.15) is 0 Å². The molecule has 6 aliphatic rings. The van der Waals surface area contributed by atoms with Crippen molar-refractivity contribution in [3.8, 4) is 0 Å². The molecule has 2 aromatic heterocycles. The zero-order valence-electron chi connectivity index (χ0n) is 81.0. The van der Waals surface area contributed by atoms with Crippen LogP contribution in [0, 0.1) is 62.3 Å². The van der Waals surface area contributed by atoms with Crippen LogP contribution < -0.4 is 0 Å². The van der Waals surface area contributed by atoms with Gasteiger partial charge < -0.3 is 20.8 Å². The van der Waals surface area contributed by atoms with Crippen molar-refractivity contribution >= 4 is 38.8 Å². The van der Waals surface area contributed by atoms with E-state index in [-0.39, 0.29) is 59.6 Å². The number of rotatable bonds is 10. The molecule has 125 heavy (non-hydrogen) atoms. The van der Waals surface area contributed by atoms with Crippen LogP contribution in [0.5, 0.6) is 0 Å². The zero-order chi connectivity index (χ0) is 91.7. The SMILES string of the molecule is Cc1ccc(/C(=N\O)c2cc3c(cc2Br)C(C)(C)CCC3(C)C)cc1.Cc1ccc(/C(=N\O)c2cc3c(cc2C)C(C)(C)CCC3(C)C)cc1.Cc1ccc(/C(=N\O)c2cc3c(cc2C)C(C)(C)CCC3(C)C)cc1.Cc1ccc(/C(=N\O)c2cc3c(cc2C)C(C)(C)CCC3(C)C)nc1.Cc1ccc(C2(c3cc4c(cc3C)C(C)(C)CCC4(C)C)CC2)nc1. The molecule has 0 atom stereocenters. The first-order chi connectivity index (χ1) is 58.3. The number of halogens is 1. The standard InChI is InChI=1S/C24H31N.2C23H29NO.C22H26BrNO.C22H28N2O/c1-16-7-8-21(25-15-16)24(11-12-24)18-14-20-19(13-17(18)2)22(3,4)9-10-23(20,5)6;2*1-15-7-9-17(10-8-15)21(24-25)18-14-20-19(13-16(18)2)22(3,4)11-12-23(20,5)6;1-14-6-8-15(9-7-14)20(24-25)16-12-17-18(13-19(16)23)22(4,5)11-10-21(17,2)3;1-14-7-8-19(23-13-14)20(24-25)16-12-18-17(11-15(16)2)21(3,4)9-10-22(18,5)6/h7-8,13-15H,9-12H2,1-6H3;2*7-10,13-14,25H,11-12H2,1-6H3;6-9,12-13,25H,10-11H2,1-5H3;7-8,11-13,25H,9-10H2,1-6H3/b;2*24-21+;24-20+;24-20-. The van der Waals surface area contributed by atoms with Crippen LogP contribution in [-0.2, 0) is 59.6 Å². The Hall–Kier alpha value is -9.58. The molecule has 1 saturated carbocycles. The van der Waals surface area contributed by atoms with E-state index in [9.17, 15) is 20.8 Å². The largest absolute Gasteiger partial charge is 0.410 e. The van der Waals surface area contributed by atoms with Crippen LogP contribution in [0.25, 0.3) is 0 Å². The van der Waals surface area contributed by atoms with Crippen LogP contribution in [0.3, 0.4) is 0 Å². The van der Waals surface area contributed by atoms with E-state index < -0.39 is 0 Å². The van der Waals surface area contributed by atoms with Gasteiger partial charge in [-0.25, -0.2) is 0 Å². The molecule has 8 aromatic carbocycles. The van der Waals surface area contributed by atoms with Crippen molar-refractivity contribution in [2.24, 2.45) is 20.6 Å². The monoisotopic (exact) mass is 1740 g/mol. The maximum absolute atomic E-state index is 9.75. The lowest BCUT2D eigenvalue weighted by Gasteiger charge is -2.43. The van der Waals surface area contributed by atoms with E-state index in [1.54, 1.807) is 17.3 Å². The van der Waals surface area contributed by atoms with Crippen molar-refractivity contribution < 1.29 is 20.8 Å². The number of fused-ring (bicyclic) bond motifs is 5. The van der Waals surface area contributed by atoms with Crippen LogP contribution in [0.2, 0.25) is 0 Å². The van der Waals surface area contributed by atoms with Crippen molar-refractivity contribution in [1.82, 2.24) is 9.97 Å². The fourth-order valence-corrected chi connectivity index (χ4v) is 20.8. The number of nitrogens with zero attached hydrogens (tertiary/aromatic N) is 6. The van der Waals surface area contributed by atoms with E-state index in [4.69, 9.17) is 4.98 Å². The number of pyridine rings is 2. The maximum Gasteiger partial charge on any atom is 0.135 e. The topological polar surface area (TPSA) is 156 Å². The Labute approximate surface area is 758 Å². The van der Waals surface area contributed by atoms with E-state index in [0.717, 1.165) is 78.5 Å². The number of aromatic nitrogens is 2. The highest BCUT2D eigenvalue weighted by molar-refractivity contribution is 9.10. The summed E-state index contributed by atoms with van der Waals surface area (Å²) >= 11 is 3.73. The predicted octanol–water partition coefficient (Wildman–Crippen LogP) is 29.5. The van der Waals surface area contributed by atoms with Gasteiger partial charge in [0.2, 0.25) is 0 Å². The highest BCUT2D eigenvalue weighted by Gasteiger charge is 2.50. The summed E-state index contributed by atoms with van der Waals surface area (Å²) in [6.45, 7) is 65.7. The van der Waals surface area contributed by atoms with Crippen LogP contribution in [-0.4, -0.2) is 53.6 Å². The Kier molecular flexibility index (Phi) is 26.6. The molecule has 2 heterocycles. The van der Waals surface area contributed by atoms with Gasteiger partial charge in [-0.3, -0.25) is 9.97 Å². The van der Waals surface area contributed by atoms with Crippen molar-refractivity contribution in [2.75, 3.05) is 0 Å². The first-order valence-corrected chi connectivity index (χ1v) is 46.5. The summed E-state index contributed by atoms with van der Waals surface area (Å²) in [6.07, 6.45) is 18.3. The summed E-state index contributed by atoms with van der Waals surface area (Å²) in [7, 11) is 0. The van der Waals surface area contributed by atoms with Gasteiger partial charge in [-0.05, 0) is 331 Å². The number of aryl methyl sites for hydroxylation is 9. The Balaban J connectivity index is 0.000000142. The van der Waals surface area contributed by atoms with Crippen molar-refractivity contribution in [2.45, 2.75) is 337 Å². The Bertz CT molecular complexity index is 5230. The Morgan fingerprint density at radius 2 is 0.488 bits per heavy atom. The van der Waals surface area contributed by atoms with E-state index in [1.165, 1.54) is 148 Å². The van der Waals surface area contributed by atoms with Gasteiger partial charge in [-0.1, -0.05) is 307 Å². The molecule has 4 N–H and O–H groups in total. The fourth-order valence-electron chi connectivity index (χ4n) is 20.3. The molecule has 0 amide bonds. The first-order valence-electron chi connectivity index (χ1n) is 45.7. The summed E-state index contributed by atoms with van der Waals surface area (Å²) in [5.41, 5.74) is 39.8. The minimum absolute atomic E-state index is 0.119. The molecule has 10 nitrogen and oxygen atoms in total. The highest BCUT2D eigenvalue weighted by Crippen LogP contribution is 2.58. The fraction of sp³-hybridized carbons (Fsp3) is 0.456. The lowest BCUT2D eigenvalue weighted by molar-refractivity contribution is 0.319. The second kappa shape index (κ2) is 35.2. The molecular weight excluding hydrogens is 1600 g/mol. The molecule has 0 aliphatic heterocycles. The predicted molar refractivity (Wildman–Crippen MR) is 526 cm³/mol. The van der Waals surface area contributed by atoms with Crippen molar-refractivity contribution in [3.05, 3.63) is 336 Å². The van der Waals surface area contributed by atoms with Crippen molar-refractivity contribution in [1.29, 1.82) is 0 Å². The van der Waals surface area contributed by atoms with E-state index in [0.29, 0.717) is 28.5 Å². The lowest BCUT2D eigenvalue weighted by atomic mass is 9.62. The lowest BCUT2D eigenvalue weighted by Crippen LogP contribution is -2.34. The van der Waals surface area contributed by atoms with Gasteiger partial charge >= 0.3 is 0 Å². The minimum Gasteiger partial charge on any atom is -0.410 e. The summed E-state index contributed by atoms with van der Waals surface area (Å²) in [5, 5.41) is 53.5. The summed E-state index contributed by atoms with van der Waals surface area (Å²) < 4.78 is 0.977. The second-order valence-electron chi connectivity index (χ2n) is 44.5. The number of hydrogen-bond acceptors (Lipinski definition) is 10. The first kappa shape index (κ1) is 94.5. The highest BCUT2D eigenvalue weighted by atomic mass is 79.9. The van der Waals surface area contributed by atoms with Gasteiger partial charge in [0, 0.05) is 61.2 Å². The molecule has 0 bridgehead atoms. The molecule has 0 saturated heterocycles. The van der Waals surface area contributed by atoms with Gasteiger partial charge in [0.1, 0.15) is 22.8 Å². The molecule has 10 aromatic rings. The number of oxime groups is 4. The molecule has 0 unspecified atom stereocenters. The number of benzene rings is 8. The average Bonchev–Trinajstić information content (AvgIpc) is 1.58. The third kappa shape index (κ3) is 19.5. The second-order valence-corrected chi connectivity index (χ2v) is 45.3. The zero-order valence-corrected chi connectivity index (χ0v) is 82.6. The quantitative estimate of drug-likeness (QED) is 0.0607. The van der Waals surface area contributed by atoms with Crippen LogP contribution in [0.1, 0.15) is 377 Å². The van der Waals surface area contributed by atoms with Crippen LogP contribution >= 0.6 is 15.9 Å². The molecule has 0 spiro atoms. The molecule has 11 heteroatoms. The van der Waals surface area contributed by atoms with E-state index >= 15 is 0 Å². The number of hydrogen-bond donors (Lipinski definition) is 4. The normalized spacial score (nSPS) is 19.4. The van der Waals surface area contributed by atoms with E-state index in [2.05, 4.69) is 332 Å². The van der Waals surface area contributed by atoms with Crippen LogP contribution in [0.4, 0.5) is 0 Å². The van der Waals surface area contributed by atoms with Crippen molar-refractivity contribution in [3.63, 3.8) is 0 Å². The molecule has 0 radical (unpaired) electrons. The molecule has 1 fully saturated rings. The third-order valence-electron chi connectivity index (χ3n) is 29.9. The Morgan fingerprint density at radius 3 is 0.760 bits per heavy atom. The summed E-state index contributed by atoms with van der Waals surface area (Å²) in [4.78, 5) is 9.26. The van der Waals surface area contributed by atoms with Gasteiger partial charge in [0.15, 0.2) is 0 Å². The summed E-state index contributed by atoms with van der Waals surface area (Å²) in [5.74, 6) is 0.